The average Bonchev–Trinajstić information content (AvgIpc) is 3.08. The predicted molar refractivity (Wildman–Crippen MR) is 120 cm³/mol. The second kappa shape index (κ2) is 9.38. The summed E-state index contributed by atoms with van der Waals surface area (Å²) in [5, 5.41) is 9.31. The molecule has 0 spiro atoms. The van der Waals surface area contributed by atoms with Gasteiger partial charge in [-0.15, -0.1) is 10.2 Å². The van der Waals surface area contributed by atoms with Crippen LogP contribution < -0.4 is 4.72 Å². The van der Waals surface area contributed by atoms with E-state index in [2.05, 4.69) is 28.8 Å². The van der Waals surface area contributed by atoms with Crippen LogP contribution in [0.1, 0.15) is 40.0 Å². The van der Waals surface area contributed by atoms with Crippen molar-refractivity contribution < 1.29 is 13.2 Å². The number of carbonyl (C=O) groups excluding carboxylic acids is 1. The van der Waals surface area contributed by atoms with Gasteiger partial charge in [-0.2, -0.15) is 0 Å². The van der Waals surface area contributed by atoms with Gasteiger partial charge < -0.3 is 9.47 Å². The lowest BCUT2D eigenvalue weighted by atomic mass is 9.98. The topological polar surface area (TPSA) is 97.2 Å². The zero-order valence-corrected chi connectivity index (χ0v) is 19.5. The van der Waals surface area contributed by atoms with Gasteiger partial charge in [0.2, 0.25) is 15.9 Å². The molecule has 3 rings (SSSR count). The first kappa shape index (κ1) is 22.6. The van der Waals surface area contributed by atoms with Crippen LogP contribution in [-0.4, -0.2) is 58.1 Å². The summed E-state index contributed by atoms with van der Waals surface area (Å²) in [5.74, 6) is 1.17. The van der Waals surface area contributed by atoms with Crippen LogP contribution in [0.15, 0.2) is 29.4 Å². The Hall–Kier alpha value is -2.07. The number of likely N-dealkylation sites (tertiary alicyclic amines) is 1. The highest BCUT2D eigenvalue weighted by atomic mass is 32.2. The largest absolute Gasteiger partial charge is 0.337 e. The summed E-state index contributed by atoms with van der Waals surface area (Å²) in [4.78, 5) is 14.8. The maximum atomic E-state index is 12.8. The minimum Gasteiger partial charge on any atom is -0.337 e. The molecule has 1 fully saturated rings. The Balaban J connectivity index is 1.72. The van der Waals surface area contributed by atoms with Crippen LogP contribution in [0.25, 0.3) is 11.4 Å². The molecule has 2 aromatic rings. The molecule has 30 heavy (non-hydrogen) atoms. The number of thioether (sulfide) groups is 1. The maximum absolute atomic E-state index is 12.8. The lowest BCUT2D eigenvalue weighted by Crippen LogP contribution is -2.48. The molecule has 1 N–H and O–H groups in total. The van der Waals surface area contributed by atoms with E-state index in [0.29, 0.717) is 29.0 Å². The average molecular weight is 452 g/mol. The number of hydrogen-bond acceptors (Lipinski definition) is 6. The predicted octanol–water partition coefficient (Wildman–Crippen LogP) is 3.22. The fourth-order valence-corrected chi connectivity index (χ4v) is 5.35. The van der Waals surface area contributed by atoms with Crippen molar-refractivity contribution in [2.45, 2.75) is 63.8 Å². The van der Waals surface area contributed by atoms with E-state index in [1.165, 1.54) is 18.2 Å². The molecule has 164 valence electrons. The monoisotopic (exact) mass is 451 g/mol. The van der Waals surface area contributed by atoms with E-state index in [-0.39, 0.29) is 18.0 Å². The number of benzene rings is 1. The molecule has 2 atom stereocenters. The van der Waals surface area contributed by atoms with Gasteiger partial charge in [0.05, 0.1) is 12.0 Å². The fraction of sp³-hybridized carbons (Fsp3) is 0.550. The first-order valence-electron chi connectivity index (χ1n) is 10.1. The van der Waals surface area contributed by atoms with Crippen molar-refractivity contribution in [3.8, 4) is 11.4 Å². The number of nitrogens with zero attached hydrogens (tertiary/aromatic N) is 4. The van der Waals surface area contributed by atoms with Crippen LogP contribution in [0.5, 0.6) is 0 Å². The summed E-state index contributed by atoms with van der Waals surface area (Å²) in [5.41, 5.74) is 1.33. The van der Waals surface area contributed by atoms with E-state index in [9.17, 15) is 13.2 Å². The Morgan fingerprint density at radius 2 is 1.80 bits per heavy atom. The van der Waals surface area contributed by atoms with E-state index in [1.807, 2.05) is 16.4 Å². The van der Waals surface area contributed by atoms with E-state index >= 15 is 0 Å². The first-order valence-corrected chi connectivity index (χ1v) is 13.0. The van der Waals surface area contributed by atoms with Crippen LogP contribution >= 0.6 is 11.8 Å². The van der Waals surface area contributed by atoms with Gasteiger partial charge in [0.1, 0.15) is 0 Å². The molecule has 1 aromatic carbocycles. The zero-order chi connectivity index (χ0) is 21.9. The van der Waals surface area contributed by atoms with Crippen molar-refractivity contribution in [3.63, 3.8) is 0 Å². The second-order valence-corrected chi connectivity index (χ2v) is 10.4. The van der Waals surface area contributed by atoms with E-state index < -0.39 is 10.0 Å². The Morgan fingerprint density at radius 1 is 1.17 bits per heavy atom. The Bertz CT molecular complexity index is 978. The zero-order valence-electron chi connectivity index (χ0n) is 17.8. The van der Waals surface area contributed by atoms with Gasteiger partial charge in [0, 0.05) is 29.9 Å². The first-order chi connectivity index (χ1) is 14.2. The summed E-state index contributed by atoms with van der Waals surface area (Å²) < 4.78 is 27.2. The SMILES string of the molecule is CCn1c(SCC(=O)N2C(C)CCCC2C)nnc1-c1ccc(NS(C)(=O)=O)cc1. The van der Waals surface area contributed by atoms with Crippen molar-refractivity contribution in [1.29, 1.82) is 0 Å². The summed E-state index contributed by atoms with van der Waals surface area (Å²) in [6.45, 7) is 6.91. The number of anilines is 1. The number of amides is 1. The Kier molecular flexibility index (Phi) is 7.07. The molecule has 1 aliphatic heterocycles. The lowest BCUT2D eigenvalue weighted by Gasteiger charge is -2.39. The third-order valence-corrected chi connectivity index (χ3v) is 6.84. The Morgan fingerprint density at radius 3 is 2.37 bits per heavy atom. The molecule has 2 unspecified atom stereocenters. The fourth-order valence-electron chi connectivity index (χ4n) is 3.91. The van der Waals surface area contributed by atoms with Crippen molar-refractivity contribution >= 4 is 33.4 Å². The number of hydrogen-bond donors (Lipinski definition) is 1. The summed E-state index contributed by atoms with van der Waals surface area (Å²) in [7, 11) is -3.32. The van der Waals surface area contributed by atoms with Crippen LogP contribution in [0.2, 0.25) is 0 Å². The van der Waals surface area contributed by atoms with Crippen molar-refractivity contribution in [2.75, 3.05) is 16.7 Å². The smallest absolute Gasteiger partial charge is 0.233 e. The van der Waals surface area contributed by atoms with Gasteiger partial charge in [-0.3, -0.25) is 9.52 Å². The second-order valence-electron chi connectivity index (χ2n) is 7.72. The van der Waals surface area contributed by atoms with Gasteiger partial charge in [-0.25, -0.2) is 8.42 Å². The Labute approximate surface area is 182 Å². The summed E-state index contributed by atoms with van der Waals surface area (Å²) >= 11 is 1.41. The highest BCUT2D eigenvalue weighted by Gasteiger charge is 2.29. The molecule has 2 heterocycles. The number of rotatable bonds is 7. The minimum absolute atomic E-state index is 0.142. The molecule has 1 saturated heterocycles. The molecular weight excluding hydrogens is 422 g/mol. The van der Waals surface area contributed by atoms with E-state index in [4.69, 9.17) is 0 Å². The van der Waals surface area contributed by atoms with Gasteiger partial charge >= 0.3 is 0 Å². The number of aromatic nitrogens is 3. The quantitative estimate of drug-likeness (QED) is 0.649. The molecule has 0 radical (unpaired) electrons. The van der Waals surface area contributed by atoms with Crippen LogP contribution in [-0.2, 0) is 21.4 Å². The van der Waals surface area contributed by atoms with E-state index in [0.717, 1.165) is 24.7 Å². The summed E-state index contributed by atoms with van der Waals surface area (Å²) in [6, 6.07) is 7.56. The number of sulfonamides is 1. The maximum Gasteiger partial charge on any atom is 0.233 e. The van der Waals surface area contributed by atoms with Crippen molar-refractivity contribution in [3.05, 3.63) is 24.3 Å². The summed E-state index contributed by atoms with van der Waals surface area (Å²) in [6.07, 6.45) is 4.40. The van der Waals surface area contributed by atoms with Gasteiger partial charge in [0.25, 0.3) is 0 Å². The molecule has 0 saturated carbocycles. The van der Waals surface area contributed by atoms with Crippen LogP contribution in [0, 0.1) is 0 Å². The molecular formula is C20H29N5O3S2. The molecule has 1 amide bonds. The molecule has 0 aliphatic carbocycles. The van der Waals surface area contributed by atoms with Gasteiger partial charge in [-0.05, 0) is 64.3 Å². The lowest BCUT2D eigenvalue weighted by molar-refractivity contribution is -0.134. The van der Waals surface area contributed by atoms with E-state index in [1.54, 1.807) is 24.3 Å². The molecule has 0 bridgehead atoms. The molecule has 8 nitrogen and oxygen atoms in total. The standard InChI is InChI=1S/C20H29N5O3S2/c1-5-24-19(16-9-11-17(12-10-16)23-30(4,27)28)21-22-20(24)29-13-18(26)25-14(2)7-6-8-15(25)3/h9-12,14-15,23H,5-8,13H2,1-4H3. The number of carbonyl (C=O) groups is 1. The third-order valence-electron chi connectivity index (χ3n) is 5.29. The van der Waals surface area contributed by atoms with Gasteiger partial charge in [0.15, 0.2) is 11.0 Å². The number of nitrogens with one attached hydrogen (secondary N) is 1. The molecule has 10 heteroatoms. The molecule has 1 aromatic heterocycles. The van der Waals surface area contributed by atoms with Crippen molar-refractivity contribution in [1.82, 2.24) is 19.7 Å². The van der Waals surface area contributed by atoms with Crippen molar-refractivity contribution in [2.24, 2.45) is 0 Å². The minimum atomic E-state index is -3.32. The van der Waals surface area contributed by atoms with Crippen LogP contribution in [0.3, 0.4) is 0 Å². The normalized spacial score (nSPS) is 19.7. The number of piperidine rings is 1. The molecule has 1 aliphatic rings. The third kappa shape index (κ3) is 5.34. The van der Waals surface area contributed by atoms with Crippen LogP contribution in [0.4, 0.5) is 5.69 Å². The highest BCUT2D eigenvalue weighted by Crippen LogP contribution is 2.27. The van der Waals surface area contributed by atoms with Gasteiger partial charge in [-0.1, -0.05) is 11.8 Å². The highest BCUT2D eigenvalue weighted by molar-refractivity contribution is 7.99.